The van der Waals surface area contributed by atoms with Crippen LogP contribution in [0.2, 0.25) is 0 Å². The van der Waals surface area contributed by atoms with Crippen LogP contribution in [0.1, 0.15) is 35.6 Å². The quantitative estimate of drug-likeness (QED) is 0.517. The van der Waals surface area contributed by atoms with Crippen LogP contribution in [0.3, 0.4) is 0 Å². The van der Waals surface area contributed by atoms with Gasteiger partial charge in [-0.25, -0.2) is 4.98 Å². The lowest BCUT2D eigenvalue weighted by Gasteiger charge is -2.38. The van der Waals surface area contributed by atoms with E-state index in [0.29, 0.717) is 29.0 Å². The van der Waals surface area contributed by atoms with Gasteiger partial charge in [0, 0.05) is 55.7 Å². The summed E-state index contributed by atoms with van der Waals surface area (Å²) >= 11 is 0. The number of carbonyl (C=O) groups excluding carboxylic acids is 1. The molecule has 1 saturated heterocycles. The molecule has 9 nitrogen and oxygen atoms in total. The van der Waals surface area contributed by atoms with E-state index in [1.54, 1.807) is 4.68 Å². The van der Waals surface area contributed by atoms with Crippen molar-refractivity contribution in [3.63, 3.8) is 0 Å². The molecule has 0 bridgehead atoms. The number of aromatic nitrogens is 5. The maximum Gasteiger partial charge on any atom is 0.259 e. The van der Waals surface area contributed by atoms with E-state index in [4.69, 9.17) is 0 Å². The molecule has 9 heteroatoms. The van der Waals surface area contributed by atoms with Gasteiger partial charge in [0.1, 0.15) is 5.52 Å². The summed E-state index contributed by atoms with van der Waals surface area (Å²) in [6.45, 7) is 10.1. The number of benzene rings is 1. The van der Waals surface area contributed by atoms with Crippen molar-refractivity contribution in [1.29, 1.82) is 0 Å². The van der Waals surface area contributed by atoms with Crippen molar-refractivity contribution >= 4 is 34.0 Å². The van der Waals surface area contributed by atoms with Gasteiger partial charge in [0.05, 0.1) is 23.1 Å². The zero-order chi connectivity index (χ0) is 22.6. The van der Waals surface area contributed by atoms with E-state index in [2.05, 4.69) is 44.4 Å². The standard InChI is InChI=1S/C23H28N8O/c1-13-8-30(9-14(2)24-13)19-7-6-17(21-18(19)11-29(5)28-21)23(32)27-20-12-31-10-15(3)25-16(4)22(31)26-20/h6-7,10-14,24H,8-9H2,1-5H3,(H,27,32)/t13-,14-/m1/s1. The number of rotatable bonds is 3. The average molecular weight is 433 g/mol. The van der Waals surface area contributed by atoms with E-state index in [0.717, 1.165) is 41.2 Å². The summed E-state index contributed by atoms with van der Waals surface area (Å²) in [5.41, 5.74) is 4.78. The molecule has 1 aliphatic rings. The maximum atomic E-state index is 13.2. The predicted molar refractivity (Wildman–Crippen MR) is 125 cm³/mol. The molecule has 2 N–H and O–H groups in total. The number of hydrogen-bond donors (Lipinski definition) is 2. The second-order valence-electron chi connectivity index (χ2n) is 8.85. The highest BCUT2D eigenvalue weighted by Gasteiger charge is 2.25. The largest absolute Gasteiger partial charge is 0.368 e. The first-order chi connectivity index (χ1) is 15.3. The van der Waals surface area contributed by atoms with Crippen molar-refractivity contribution in [3.05, 3.63) is 47.7 Å². The van der Waals surface area contributed by atoms with Gasteiger partial charge >= 0.3 is 0 Å². The molecule has 4 heterocycles. The first-order valence-electron chi connectivity index (χ1n) is 10.9. The number of imidazole rings is 1. The number of nitrogens with zero attached hydrogens (tertiary/aromatic N) is 6. The first kappa shape index (κ1) is 20.4. The molecular formula is C23H28N8O. The molecule has 3 aromatic heterocycles. The molecule has 166 valence electrons. The van der Waals surface area contributed by atoms with Crippen LogP contribution >= 0.6 is 0 Å². The summed E-state index contributed by atoms with van der Waals surface area (Å²) in [7, 11) is 1.88. The summed E-state index contributed by atoms with van der Waals surface area (Å²) < 4.78 is 3.65. The summed E-state index contributed by atoms with van der Waals surface area (Å²) in [5.74, 6) is 0.261. The van der Waals surface area contributed by atoms with E-state index < -0.39 is 0 Å². The van der Waals surface area contributed by atoms with E-state index in [-0.39, 0.29) is 5.91 Å². The second kappa shape index (κ2) is 7.59. The van der Waals surface area contributed by atoms with Crippen LogP contribution in [0, 0.1) is 13.8 Å². The van der Waals surface area contributed by atoms with Crippen LogP contribution in [-0.2, 0) is 7.05 Å². The molecule has 0 radical (unpaired) electrons. The van der Waals surface area contributed by atoms with Crippen molar-refractivity contribution in [2.75, 3.05) is 23.3 Å². The smallest absolute Gasteiger partial charge is 0.259 e. The van der Waals surface area contributed by atoms with E-state index in [9.17, 15) is 4.79 Å². The van der Waals surface area contributed by atoms with Gasteiger partial charge in [0.25, 0.3) is 5.91 Å². The molecule has 1 fully saturated rings. The molecule has 1 amide bonds. The van der Waals surface area contributed by atoms with Gasteiger partial charge in [-0.3, -0.25) is 14.5 Å². The van der Waals surface area contributed by atoms with Gasteiger partial charge in [-0.2, -0.15) is 5.10 Å². The Morgan fingerprint density at radius 2 is 1.84 bits per heavy atom. The number of aryl methyl sites for hydroxylation is 3. The third kappa shape index (κ3) is 3.58. The molecule has 32 heavy (non-hydrogen) atoms. The highest BCUT2D eigenvalue weighted by Crippen LogP contribution is 2.30. The third-order valence-corrected chi connectivity index (χ3v) is 5.88. The Balaban J connectivity index is 1.49. The lowest BCUT2D eigenvalue weighted by atomic mass is 10.1. The van der Waals surface area contributed by atoms with Crippen LogP contribution < -0.4 is 15.5 Å². The number of nitrogens with one attached hydrogen (secondary N) is 2. The Bertz CT molecular complexity index is 1330. The van der Waals surface area contributed by atoms with Crippen molar-refractivity contribution in [2.45, 2.75) is 39.8 Å². The van der Waals surface area contributed by atoms with Crippen LogP contribution in [-0.4, -0.2) is 55.2 Å². The Kier molecular flexibility index (Phi) is 4.85. The molecule has 4 aromatic rings. The summed E-state index contributed by atoms with van der Waals surface area (Å²) in [6.07, 6.45) is 5.69. The topological polar surface area (TPSA) is 92.4 Å². The predicted octanol–water partition coefficient (Wildman–Crippen LogP) is 2.67. The maximum absolute atomic E-state index is 13.2. The van der Waals surface area contributed by atoms with Gasteiger partial charge in [-0.1, -0.05) is 0 Å². The Labute approximate surface area is 186 Å². The first-order valence-corrected chi connectivity index (χ1v) is 10.9. The summed E-state index contributed by atoms with van der Waals surface area (Å²) in [4.78, 5) is 24.6. The molecular weight excluding hydrogens is 404 g/mol. The van der Waals surface area contributed by atoms with E-state index >= 15 is 0 Å². The molecule has 0 saturated carbocycles. The van der Waals surface area contributed by atoms with Crippen molar-refractivity contribution in [3.8, 4) is 0 Å². The highest BCUT2D eigenvalue weighted by molar-refractivity contribution is 6.13. The van der Waals surface area contributed by atoms with E-state index in [1.807, 2.05) is 56.0 Å². The zero-order valence-corrected chi connectivity index (χ0v) is 19.0. The highest BCUT2D eigenvalue weighted by atomic mass is 16.1. The number of anilines is 2. The molecule has 5 rings (SSSR count). The van der Waals surface area contributed by atoms with Crippen molar-refractivity contribution in [1.82, 2.24) is 29.5 Å². The molecule has 0 aliphatic carbocycles. The fourth-order valence-electron chi connectivity index (χ4n) is 4.74. The summed E-state index contributed by atoms with van der Waals surface area (Å²) in [5, 5.41) is 12.1. The monoisotopic (exact) mass is 432 g/mol. The minimum Gasteiger partial charge on any atom is -0.368 e. The third-order valence-electron chi connectivity index (χ3n) is 5.88. The van der Waals surface area contributed by atoms with Crippen LogP contribution in [0.4, 0.5) is 11.5 Å². The Hall–Kier alpha value is -3.46. The van der Waals surface area contributed by atoms with Crippen LogP contribution in [0.15, 0.2) is 30.7 Å². The number of amides is 1. The van der Waals surface area contributed by atoms with Gasteiger partial charge in [0.2, 0.25) is 0 Å². The second-order valence-corrected chi connectivity index (χ2v) is 8.85. The van der Waals surface area contributed by atoms with Gasteiger partial charge in [-0.05, 0) is 39.8 Å². The van der Waals surface area contributed by atoms with Crippen LogP contribution in [0.5, 0.6) is 0 Å². The SMILES string of the molecule is Cc1cn2cc(NC(=O)c3ccc(N4C[C@@H](C)N[C@H](C)C4)c4cn(C)nc34)nc2c(C)n1. The van der Waals surface area contributed by atoms with Gasteiger partial charge in [0.15, 0.2) is 11.5 Å². The lowest BCUT2D eigenvalue weighted by molar-refractivity contribution is 0.102. The minimum absolute atomic E-state index is 0.229. The number of piperazine rings is 1. The molecule has 1 aromatic carbocycles. The normalized spacial score (nSPS) is 19.1. The van der Waals surface area contributed by atoms with Crippen LogP contribution in [0.25, 0.3) is 16.6 Å². The summed E-state index contributed by atoms with van der Waals surface area (Å²) in [6, 6.07) is 4.68. The molecule has 0 unspecified atom stereocenters. The zero-order valence-electron chi connectivity index (χ0n) is 19.0. The van der Waals surface area contributed by atoms with E-state index in [1.165, 1.54) is 0 Å². The van der Waals surface area contributed by atoms with Crippen molar-refractivity contribution < 1.29 is 4.79 Å². The fraction of sp³-hybridized carbons (Fsp3) is 0.391. The van der Waals surface area contributed by atoms with Gasteiger partial charge < -0.3 is 19.9 Å². The van der Waals surface area contributed by atoms with Gasteiger partial charge in [-0.15, -0.1) is 0 Å². The lowest BCUT2D eigenvalue weighted by Crippen LogP contribution is -2.54. The minimum atomic E-state index is -0.229. The molecule has 1 aliphatic heterocycles. The Morgan fingerprint density at radius 3 is 2.59 bits per heavy atom. The Morgan fingerprint density at radius 1 is 1.09 bits per heavy atom. The molecule has 2 atom stereocenters. The fourth-order valence-corrected chi connectivity index (χ4v) is 4.74. The molecule has 0 spiro atoms. The number of carbonyl (C=O) groups is 1. The average Bonchev–Trinajstić information content (AvgIpc) is 3.28. The number of hydrogen-bond acceptors (Lipinski definition) is 6. The van der Waals surface area contributed by atoms with Crippen molar-refractivity contribution in [2.24, 2.45) is 7.05 Å². The number of fused-ring (bicyclic) bond motifs is 2.